The Morgan fingerprint density at radius 1 is 1.23 bits per heavy atom. The van der Waals surface area contributed by atoms with Crippen LogP contribution >= 0.6 is 0 Å². The predicted molar refractivity (Wildman–Crippen MR) is 86.2 cm³/mol. The summed E-state index contributed by atoms with van der Waals surface area (Å²) in [4.78, 5) is 22.9. The molecule has 5 heteroatoms. The van der Waals surface area contributed by atoms with E-state index >= 15 is 0 Å². The minimum atomic E-state index is -0.321. The summed E-state index contributed by atoms with van der Waals surface area (Å²) in [5.41, 5.74) is 3.74. The van der Waals surface area contributed by atoms with Crippen molar-refractivity contribution in [1.29, 1.82) is 0 Å². The molecule has 2 aromatic rings. The third-order valence-electron chi connectivity index (χ3n) is 3.40. The summed E-state index contributed by atoms with van der Waals surface area (Å²) in [7, 11) is 3.80. The van der Waals surface area contributed by atoms with Crippen LogP contribution in [0.2, 0.25) is 0 Å². The highest BCUT2D eigenvalue weighted by atomic mass is 16.2. The van der Waals surface area contributed by atoms with Gasteiger partial charge in [-0.1, -0.05) is 29.8 Å². The van der Waals surface area contributed by atoms with Crippen molar-refractivity contribution in [2.45, 2.75) is 26.4 Å². The van der Waals surface area contributed by atoms with Gasteiger partial charge in [-0.25, -0.2) is 0 Å². The van der Waals surface area contributed by atoms with E-state index in [1.54, 1.807) is 12.4 Å². The Morgan fingerprint density at radius 3 is 2.59 bits per heavy atom. The van der Waals surface area contributed by atoms with Gasteiger partial charge in [0.15, 0.2) is 0 Å². The van der Waals surface area contributed by atoms with Crippen molar-refractivity contribution in [3.05, 3.63) is 59.2 Å². The number of hydrogen-bond acceptors (Lipinski definition) is 4. The van der Waals surface area contributed by atoms with Gasteiger partial charge in [-0.2, -0.15) is 0 Å². The molecule has 0 spiro atoms. The maximum Gasteiger partial charge on any atom is 0.242 e. The lowest BCUT2D eigenvalue weighted by molar-refractivity contribution is -0.126. The molecule has 0 saturated heterocycles. The van der Waals surface area contributed by atoms with Crippen LogP contribution in [0.5, 0.6) is 0 Å². The molecule has 0 aliphatic carbocycles. The molecular weight excluding hydrogens is 276 g/mol. The molecular formula is C17H22N4O. The van der Waals surface area contributed by atoms with Crippen LogP contribution in [0.1, 0.15) is 28.6 Å². The molecule has 0 fully saturated rings. The Labute approximate surface area is 131 Å². The fourth-order valence-electron chi connectivity index (χ4n) is 2.31. The van der Waals surface area contributed by atoms with Crippen LogP contribution < -0.4 is 5.32 Å². The summed E-state index contributed by atoms with van der Waals surface area (Å²) in [5.74, 6) is -0.0435. The minimum absolute atomic E-state index is 0.0435. The number of amides is 1. The van der Waals surface area contributed by atoms with Gasteiger partial charge in [0.2, 0.25) is 5.91 Å². The molecule has 22 heavy (non-hydrogen) atoms. The molecule has 1 heterocycles. The molecule has 5 nitrogen and oxygen atoms in total. The van der Waals surface area contributed by atoms with Crippen LogP contribution in [0.15, 0.2) is 36.7 Å². The topological polar surface area (TPSA) is 58.1 Å². The van der Waals surface area contributed by atoms with Crippen molar-refractivity contribution in [2.75, 3.05) is 14.1 Å². The summed E-state index contributed by atoms with van der Waals surface area (Å²) in [6.45, 7) is 4.29. The van der Waals surface area contributed by atoms with Gasteiger partial charge < -0.3 is 5.32 Å². The maximum atomic E-state index is 12.5. The summed E-state index contributed by atoms with van der Waals surface area (Å²) in [6.07, 6.45) is 3.39. The van der Waals surface area contributed by atoms with E-state index in [1.165, 1.54) is 0 Å². The summed E-state index contributed by atoms with van der Waals surface area (Å²) < 4.78 is 0. The first-order valence-electron chi connectivity index (χ1n) is 7.25. The molecule has 0 radical (unpaired) electrons. The van der Waals surface area contributed by atoms with Crippen molar-refractivity contribution >= 4 is 5.91 Å². The van der Waals surface area contributed by atoms with Gasteiger partial charge in [0.1, 0.15) is 6.04 Å². The van der Waals surface area contributed by atoms with Gasteiger partial charge >= 0.3 is 0 Å². The number of rotatable bonds is 5. The third-order valence-corrected chi connectivity index (χ3v) is 3.40. The van der Waals surface area contributed by atoms with E-state index in [4.69, 9.17) is 0 Å². The fraction of sp³-hybridized carbons (Fsp3) is 0.353. The Bertz CT molecular complexity index is 637. The number of nitrogens with one attached hydrogen (secondary N) is 1. The molecule has 0 saturated carbocycles. The average molecular weight is 298 g/mol. The number of benzene rings is 1. The predicted octanol–water partition coefficient (Wildman–Crippen LogP) is 2.01. The molecule has 1 amide bonds. The van der Waals surface area contributed by atoms with Crippen LogP contribution in [0.4, 0.5) is 0 Å². The molecule has 0 bridgehead atoms. The van der Waals surface area contributed by atoms with Crippen LogP contribution in [0.25, 0.3) is 0 Å². The number of nitrogens with zero attached hydrogens (tertiary/aromatic N) is 3. The van der Waals surface area contributed by atoms with Gasteiger partial charge in [-0.15, -0.1) is 0 Å². The summed E-state index contributed by atoms with van der Waals surface area (Å²) >= 11 is 0. The molecule has 1 unspecified atom stereocenters. The van der Waals surface area contributed by atoms with Crippen LogP contribution in [0, 0.1) is 13.8 Å². The second kappa shape index (κ2) is 7.13. The minimum Gasteiger partial charge on any atom is -0.349 e. The molecule has 116 valence electrons. The van der Waals surface area contributed by atoms with Gasteiger partial charge in [0, 0.05) is 6.20 Å². The number of aromatic nitrogens is 2. The van der Waals surface area contributed by atoms with Gasteiger partial charge in [-0.05, 0) is 33.5 Å². The summed E-state index contributed by atoms with van der Waals surface area (Å²) in [5, 5.41) is 2.93. The second-order valence-corrected chi connectivity index (χ2v) is 5.65. The van der Waals surface area contributed by atoms with Crippen LogP contribution in [-0.4, -0.2) is 34.9 Å². The zero-order chi connectivity index (χ0) is 16.1. The summed E-state index contributed by atoms with van der Waals surface area (Å²) in [6, 6.07) is 7.69. The Morgan fingerprint density at radius 2 is 2.00 bits per heavy atom. The molecule has 0 aliphatic heterocycles. The molecule has 1 N–H and O–H groups in total. The number of carbonyl (C=O) groups excluding carboxylic acids is 1. The van der Waals surface area contributed by atoms with E-state index in [-0.39, 0.29) is 11.9 Å². The zero-order valence-corrected chi connectivity index (χ0v) is 13.5. The SMILES string of the molecule is Cc1cccc(C(C(=O)NCc2cnc(C)cn2)N(C)C)c1. The van der Waals surface area contributed by atoms with Crippen LogP contribution in [-0.2, 0) is 11.3 Å². The maximum absolute atomic E-state index is 12.5. The molecule has 1 aromatic heterocycles. The molecule has 1 aromatic carbocycles. The third kappa shape index (κ3) is 4.11. The van der Waals surface area contributed by atoms with Crippen molar-refractivity contribution < 1.29 is 4.79 Å². The first-order valence-corrected chi connectivity index (χ1v) is 7.25. The monoisotopic (exact) mass is 298 g/mol. The van der Waals surface area contributed by atoms with Gasteiger partial charge in [0.05, 0.1) is 24.1 Å². The number of likely N-dealkylation sites (N-methyl/N-ethyl adjacent to an activating group) is 1. The first-order chi connectivity index (χ1) is 10.5. The molecule has 0 aliphatic rings. The van der Waals surface area contributed by atoms with Gasteiger partial charge in [-0.3, -0.25) is 19.7 Å². The van der Waals surface area contributed by atoms with Crippen molar-refractivity contribution in [2.24, 2.45) is 0 Å². The fourth-order valence-corrected chi connectivity index (χ4v) is 2.31. The van der Waals surface area contributed by atoms with E-state index in [2.05, 4.69) is 15.3 Å². The van der Waals surface area contributed by atoms with E-state index in [0.29, 0.717) is 6.54 Å². The quantitative estimate of drug-likeness (QED) is 0.917. The lowest BCUT2D eigenvalue weighted by Crippen LogP contribution is -2.36. The molecule has 2 rings (SSSR count). The Balaban J connectivity index is 2.08. The van der Waals surface area contributed by atoms with Crippen molar-refractivity contribution in [3.63, 3.8) is 0 Å². The standard InChI is InChI=1S/C17H22N4O/c1-12-6-5-7-14(8-12)16(21(3)4)17(22)20-11-15-10-18-13(2)9-19-15/h5-10,16H,11H2,1-4H3,(H,20,22). The van der Waals surface area contributed by atoms with E-state index in [0.717, 1.165) is 22.5 Å². The average Bonchev–Trinajstić information content (AvgIpc) is 2.46. The van der Waals surface area contributed by atoms with E-state index in [1.807, 2.05) is 57.1 Å². The van der Waals surface area contributed by atoms with E-state index < -0.39 is 0 Å². The second-order valence-electron chi connectivity index (χ2n) is 5.65. The van der Waals surface area contributed by atoms with Gasteiger partial charge in [0.25, 0.3) is 0 Å². The number of hydrogen-bond donors (Lipinski definition) is 1. The lowest BCUT2D eigenvalue weighted by Gasteiger charge is -2.24. The number of carbonyl (C=O) groups is 1. The Hall–Kier alpha value is -2.27. The van der Waals surface area contributed by atoms with Crippen LogP contribution in [0.3, 0.4) is 0 Å². The zero-order valence-electron chi connectivity index (χ0n) is 13.5. The smallest absolute Gasteiger partial charge is 0.242 e. The largest absolute Gasteiger partial charge is 0.349 e. The highest BCUT2D eigenvalue weighted by Crippen LogP contribution is 2.19. The van der Waals surface area contributed by atoms with Crippen molar-refractivity contribution in [3.8, 4) is 0 Å². The molecule has 1 atom stereocenters. The van der Waals surface area contributed by atoms with Crippen molar-refractivity contribution in [1.82, 2.24) is 20.2 Å². The highest BCUT2D eigenvalue weighted by Gasteiger charge is 2.22. The lowest BCUT2D eigenvalue weighted by atomic mass is 10.0. The highest BCUT2D eigenvalue weighted by molar-refractivity contribution is 5.83. The Kier molecular flexibility index (Phi) is 5.22. The normalized spacial score (nSPS) is 12.2. The van der Waals surface area contributed by atoms with E-state index in [9.17, 15) is 4.79 Å². The first kappa shape index (κ1) is 16.1. The number of aryl methyl sites for hydroxylation is 2.